The van der Waals surface area contributed by atoms with Gasteiger partial charge in [0.15, 0.2) is 0 Å². The van der Waals surface area contributed by atoms with Gasteiger partial charge in [0.2, 0.25) is 0 Å². The van der Waals surface area contributed by atoms with Crippen molar-refractivity contribution in [2.45, 2.75) is 0 Å². The van der Waals surface area contributed by atoms with Gasteiger partial charge in [0.05, 0.1) is 10.6 Å². The standard InChI is InChI=1S/C13H10N4OS2/c1-19-13-16-12(18)11(20-13)6-9-4-2-3-5-10(9)17-8-14-7-15-17/h2-8H,1H3/b11-6-. The number of para-hydroxylation sites is 1. The summed E-state index contributed by atoms with van der Waals surface area (Å²) in [5.41, 5.74) is 1.79. The third kappa shape index (κ3) is 2.54. The van der Waals surface area contributed by atoms with E-state index in [1.165, 1.54) is 29.9 Å². The summed E-state index contributed by atoms with van der Waals surface area (Å²) < 4.78 is 2.45. The monoisotopic (exact) mass is 302 g/mol. The van der Waals surface area contributed by atoms with Crippen molar-refractivity contribution in [1.29, 1.82) is 0 Å². The van der Waals surface area contributed by atoms with Crippen molar-refractivity contribution >= 4 is 39.9 Å². The van der Waals surface area contributed by atoms with Crippen LogP contribution in [0.25, 0.3) is 11.8 Å². The van der Waals surface area contributed by atoms with Crippen LogP contribution >= 0.6 is 23.5 Å². The van der Waals surface area contributed by atoms with Crippen molar-refractivity contribution in [2.75, 3.05) is 6.26 Å². The molecule has 0 saturated heterocycles. The van der Waals surface area contributed by atoms with Gasteiger partial charge >= 0.3 is 0 Å². The molecule has 1 aliphatic rings. The Morgan fingerprint density at radius 2 is 2.20 bits per heavy atom. The number of benzene rings is 1. The molecule has 1 aromatic carbocycles. The highest BCUT2D eigenvalue weighted by atomic mass is 32.2. The van der Waals surface area contributed by atoms with E-state index in [2.05, 4.69) is 15.1 Å². The molecule has 1 aromatic heterocycles. The summed E-state index contributed by atoms with van der Waals surface area (Å²) in [5, 5.41) is 4.12. The number of hydrogen-bond donors (Lipinski definition) is 0. The highest BCUT2D eigenvalue weighted by molar-refractivity contribution is 8.40. The summed E-state index contributed by atoms with van der Waals surface area (Å²) in [4.78, 5) is 20.4. The first kappa shape index (κ1) is 13.1. The molecule has 1 aliphatic heterocycles. The van der Waals surface area contributed by atoms with Crippen LogP contribution < -0.4 is 0 Å². The predicted octanol–water partition coefficient (Wildman–Crippen LogP) is 2.60. The van der Waals surface area contributed by atoms with E-state index in [1.54, 1.807) is 11.0 Å². The van der Waals surface area contributed by atoms with E-state index in [1.807, 2.05) is 36.6 Å². The minimum absolute atomic E-state index is 0.187. The van der Waals surface area contributed by atoms with Gasteiger partial charge in [-0.1, -0.05) is 30.0 Å². The molecule has 0 N–H and O–H groups in total. The number of aromatic nitrogens is 3. The van der Waals surface area contributed by atoms with Crippen molar-refractivity contribution in [3.63, 3.8) is 0 Å². The zero-order chi connectivity index (χ0) is 13.9. The van der Waals surface area contributed by atoms with Crippen molar-refractivity contribution in [2.24, 2.45) is 4.99 Å². The van der Waals surface area contributed by atoms with Crippen molar-refractivity contribution in [3.05, 3.63) is 47.4 Å². The topological polar surface area (TPSA) is 60.1 Å². The van der Waals surface area contributed by atoms with E-state index in [0.29, 0.717) is 4.91 Å². The molecule has 0 radical (unpaired) electrons. The fraction of sp³-hybridized carbons (Fsp3) is 0.0769. The summed E-state index contributed by atoms with van der Waals surface area (Å²) in [6, 6.07) is 7.72. The molecule has 0 spiro atoms. The van der Waals surface area contributed by atoms with Gasteiger partial charge in [-0.25, -0.2) is 9.67 Å². The maximum absolute atomic E-state index is 11.8. The largest absolute Gasteiger partial charge is 0.285 e. The number of hydrogen-bond acceptors (Lipinski definition) is 5. The van der Waals surface area contributed by atoms with E-state index in [0.717, 1.165) is 15.6 Å². The fourth-order valence-corrected chi connectivity index (χ4v) is 3.18. The molecule has 0 saturated carbocycles. The van der Waals surface area contributed by atoms with E-state index in [-0.39, 0.29) is 5.91 Å². The van der Waals surface area contributed by atoms with Gasteiger partial charge in [0.1, 0.15) is 17.0 Å². The van der Waals surface area contributed by atoms with Crippen LogP contribution in [0.4, 0.5) is 0 Å². The molecular formula is C13H10N4OS2. The molecule has 5 nitrogen and oxygen atoms in total. The predicted molar refractivity (Wildman–Crippen MR) is 82.9 cm³/mol. The van der Waals surface area contributed by atoms with Crippen LogP contribution in [0.1, 0.15) is 5.56 Å². The second kappa shape index (κ2) is 5.64. The SMILES string of the molecule is CSC1=NC(=O)/C(=C/c2ccccc2-n2cncn2)S1. The number of thioether (sulfide) groups is 2. The van der Waals surface area contributed by atoms with Gasteiger partial charge in [-0.05, 0) is 18.4 Å². The zero-order valence-electron chi connectivity index (χ0n) is 10.6. The average Bonchev–Trinajstić information content (AvgIpc) is 3.10. The second-order valence-electron chi connectivity index (χ2n) is 3.90. The molecule has 2 aromatic rings. The molecule has 0 aliphatic carbocycles. The molecule has 0 atom stereocenters. The Bertz CT molecular complexity index is 707. The quantitative estimate of drug-likeness (QED) is 0.798. The van der Waals surface area contributed by atoms with E-state index >= 15 is 0 Å². The second-order valence-corrected chi connectivity index (χ2v) is 5.98. The minimum Gasteiger partial charge on any atom is -0.266 e. The van der Waals surface area contributed by atoms with Crippen LogP contribution in [-0.2, 0) is 4.79 Å². The Kier molecular flexibility index (Phi) is 3.70. The molecule has 0 unspecified atom stereocenters. The van der Waals surface area contributed by atoms with Crippen LogP contribution in [0.2, 0.25) is 0 Å². The summed E-state index contributed by atoms with van der Waals surface area (Å²) in [5.74, 6) is -0.187. The Morgan fingerprint density at radius 1 is 1.35 bits per heavy atom. The number of aliphatic imine (C=N–C) groups is 1. The first-order chi connectivity index (χ1) is 9.78. The maximum Gasteiger partial charge on any atom is 0.285 e. The molecular weight excluding hydrogens is 292 g/mol. The third-order valence-corrected chi connectivity index (χ3v) is 4.63. The van der Waals surface area contributed by atoms with Gasteiger partial charge in [-0.2, -0.15) is 10.1 Å². The normalized spacial score (nSPS) is 16.8. The van der Waals surface area contributed by atoms with Crippen LogP contribution in [0.5, 0.6) is 0 Å². The van der Waals surface area contributed by atoms with Gasteiger partial charge < -0.3 is 0 Å². The smallest absolute Gasteiger partial charge is 0.266 e. The maximum atomic E-state index is 11.8. The highest BCUT2D eigenvalue weighted by Crippen LogP contribution is 2.33. The van der Waals surface area contributed by atoms with Crippen molar-refractivity contribution in [3.8, 4) is 5.69 Å². The molecule has 1 amide bonds. The minimum atomic E-state index is -0.187. The number of carbonyl (C=O) groups is 1. The Morgan fingerprint density at radius 3 is 2.90 bits per heavy atom. The number of rotatable bonds is 2. The first-order valence-corrected chi connectivity index (χ1v) is 7.82. The average molecular weight is 302 g/mol. The van der Waals surface area contributed by atoms with Gasteiger partial charge in [0.25, 0.3) is 5.91 Å². The molecule has 20 heavy (non-hydrogen) atoms. The summed E-state index contributed by atoms with van der Waals surface area (Å²) in [6.07, 6.45) is 6.86. The third-order valence-electron chi connectivity index (χ3n) is 2.66. The number of carbonyl (C=O) groups excluding carboxylic acids is 1. The summed E-state index contributed by atoms with van der Waals surface area (Å²) in [6.45, 7) is 0. The van der Waals surface area contributed by atoms with Gasteiger partial charge in [0, 0.05) is 5.56 Å². The van der Waals surface area contributed by atoms with Crippen LogP contribution in [0, 0.1) is 0 Å². The lowest BCUT2D eigenvalue weighted by atomic mass is 10.1. The Hall–Kier alpha value is -1.86. The van der Waals surface area contributed by atoms with Gasteiger partial charge in [-0.3, -0.25) is 4.79 Å². The number of nitrogens with zero attached hydrogens (tertiary/aromatic N) is 4. The lowest BCUT2D eigenvalue weighted by Gasteiger charge is -2.05. The Labute approximate surface area is 124 Å². The van der Waals surface area contributed by atoms with Crippen LogP contribution in [0.15, 0.2) is 46.8 Å². The van der Waals surface area contributed by atoms with E-state index < -0.39 is 0 Å². The molecule has 100 valence electrons. The van der Waals surface area contributed by atoms with E-state index in [4.69, 9.17) is 0 Å². The highest BCUT2D eigenvalue weighted by Gasteiger charge is 2.21. The van der Waals surface area contributed by atoms with Gasteiger partial charge in [-0.15, -0.1) is 11.8 Å². The Balaban J connectivity index is 1.99. The zero-order valence-corrected chi connectivity index (χ0v) is 12.2. The van der Waals surface area contributed by atoms with Crippen LogP contribution in [0.3, 0.4) is 0 Å². The van der Waals surface area contributed by atoms with Crippen LogP contribution in [-0.4, -0.2) is 31.3 Å². The van der Waals surface area contributed by atoms with Crippen molar-refractivity contribution in [1.82, 2.24) is 14.8 Å². The molecule has 3 rings (SSSR count). The van der Waals surface area contributed by atoms with Crippen molar-refractivity contribution < 1.29 is 4.79 Å². The lowest BCUT2D eigenvalue weighted by molar-refractivity contribution is -0.113. The molecule has 0 bridgehead atoms. The summed E-state index contributed by atoms with van der Waals surface area (Å²) >= 11 is 2.87. The summed E-state index contributed by atoms with van der Waals surface area (Å²) in [7, 11) is 0. The lowest BCUT2D eigenvalue weighted by Crippen LogP contribution is -1.98. The molecule has 2 heterocycles. The fourth-order valence-electron chi connectivity index (χ4n) is 1.77. The molecule has 0 fully saturated rings. The number of amides is 1. The molecule has 7 heteroatoms. The first-order valence-electron chi connectivity index (χ1n) is 5.78. The van der Waals surface area contributed by atoms with E-state index in [9.17, 15) is 4.79 Å².